The summed E-state index contributed by atoms with van der Waals surface area (Å²) in [4.78, 5) is 11.5. The second kappa shape index (κ2) is 8.79. The van der Waals surface area contributed by atoms with Crippen molar-refractivity contribution < 1.29 is 22.4 Å². The minimum atomic E-state index is -3.35. The van der Waals surface area contributed by atoms with Crippen molar-refractivity contribution in [2.75, 3.05) is 12.9 Å². The van der Waals surface area contributed by atoms with E-state index in [0.717, 1.165) is 5.56 Å². The summed E-state index contributed by atoms with van der Waals surface area (Å²) < 4.78 is 34.7. The summed E-state index contributed by atoms with van der Waals surface area (Å²) in [6, 6.07) is 16.2. The molecule has 0 bridgehead atoms. The highest BCUT2D eigenvalue weighted by Crippen LogP contribution is 2.20. The SMILES string of the molecule is COC(=O)c1ccc(-c2nnc(CS(=O)(=O)CCCc3ccccc3)o2)cc1. The van der Waals surface area contributed by atoms with Crippen LogP contribution < -0.4 is 0 Å². The highest BCUT2D eigenvalue weighted by molar-refractivity contribution is 7.90. The molecule has 0 N–H and O–H groups in total. The minimum absolute atomic E-state index is 0.0479. The number of hydrogen-bond acceptors (Lipinski definition) is 7. The topological polar surface area (TPSA) is 99.4 Å². The van der Waals surface area contributed by atoms with Crippen molar-refractivity contribution >= 4 is 15.8 Å². The first-order valence-electron chi connectivity index (χ1n) is 8.72. The number of ether oxygens (including phenoxy) is 1. The molecule has 0 saturated carbocycles. The van der Waals surface area contributed by atoms with Crippen LogP contribution in [0.3, 0.4) is 0 Å². The molecule has 1 heterocycles. The van der Waals surface area contributed by atoms with E-state index in [1.54, 1.807) is 24.3 Å². The standard InChI is InChI=1S/C20H20N2O5S/c1-26-20(23)17-11-9-16(10-12-17)19-22-21-18(27-19)14-28(24,25)13-5-8-15-6-3-2-4-7-15/h2-4,6-7,9-12H,5,8,13-14H2,1H3. The van der Waals surface area contributed by atoms with E-state index in [1.807, 2.05) is 30.3 Å². The van der Waals surface area contributed by atoms with Gasteiger partial charge in [-0.1, -0.05) is 30.3 Å². The van der Waals surface area contributed by atoms with Crippen LogP contribution in [0.1, 0.15) is 28.2 Å². The lowest BCUT2D eigenvalue weighted by Crippen LogP contribution is -2.10. The van der Waals surface area contributed by atoms with Crippen LogP contribution in [0, 0.1) is 0 Å². The van der Waals surface area contributed by atoms with Crippen LogP contribution in [0.4, 0.5) is 0 Å². The molecule has 0 aliphatic heterocycles. The Labute approximate surface area is 163 Å². The van der Waals surface area contributed by atoms with Crippen LogP contribution >= 0.6 is 0 Å². The Morgan fingerprint density at radius 1 is 1.04 bits per heavy atom. The zero-order valence-corrected chi connectivity index (χ0v) is 16.2. The molecule has 0 atom stereocenters. The second-order valence-corrected chi connectivity index (χ2v) is 8.44. The number of aryl methyl sites for hydroxylation is 1. The van der Waals surface area contributed by atoms with Crippen LogP contribution in [0.5, 0.6) is 0 Å². The predicted molar refractivity (Wildman–Crippen MR) is 103 cm³/mol. The maximum absolute atomic E-state index is 12.3. The number of sulfone groups is 1. The van der Waals surface area contributed by atoms with Gasteiger partial charge < -0.3 is 9.15 Å². The molecule has 1 aromatic heterocycles. The van der Waals surface area contributed by atoms with Crippen LogP contribution in [-0.4, -0.2) is 37.4 Å². The monoisotopic (exact) mass is 400 g/mol. The molecule has 0 fully saturated rings. The van der Waals surface area contributed by atoms with Crippen molar-refractivity contribution in [3.63, 3.8) is 0 Å². The molecule has 146 valence electrons. The minimum Gasteiger partial charge on any atom is -0.465 e. The average molecular weight is 400 g/mol. The summed E-state index contributed by atoms with van der Waals surface area (Å²) in [6.45, 7) is 0. The smallest absolute Gasteiger partial charge is 0.337 e. The van der Waals surface area contributed by atoms with Gasteiger partial charge in [-0.15, -0.1) is 10.2 Å². The molecule has 0 aliphatic rings. The van der Waals surface area contributed by atoms with Gasteiger partial charge in [-0.05, 0) is 42.7 Å². The Morgan fingerprint density at radius 2 is 1.75 bits per heavy atom. The molecular weight excluding hydrogens is 380 g/mol. The normalized spacial score (nSPS) is 11.3. The highest BCUT2D eigenvalue weighted by Gasteiger charge is 2.18. The number of methoxy groups -OCH3 is 1. The maximum atomic E-state index is 12.3. The number of benzene rings is 2. The molecule has 0 saturated heterocycles. The number of carbonyl (C=O) groups is 1. The molecule has 0 aliphatic carbocycles. The van der Waals surface area contributed by atoms with E-state index in [-0.39, 0.29) is 23.3 Å². The number of rotatable bonds is 8. The highest BCUT2D eigenvalue weighted by atomic mass is 32.2. The van der Waals surface area contributed by atoms with Crippen molar-refractivity contribution in [1.29, 1.82) is 0 Å². The van der Waals surface area contributed by atoms with Crippen molar-refractivity contribution in [2.45, 2.75) is 18.6 Å². The predicted octanol–water partition coefficient (Wildman–Crippen LogP) is 3.07. The molecule has 0 unspecified atom stereocenters. The molecule has 0 radical (unpaired) electrons. The molecule has 7 nitrogen and oxygen atoms in total. The van der Waals surface area contributed by atoms with E-state index in [2.05, 4.69) is 14.9 Å². The lowest BCUT2D eigenvalue weighted by Gasteiger charge is -2.02. The summed E-state index contributed by atoms with van der Waals surface area (Å²) in [7, 11) is -2.05. The van der Waals surface area contributed by atoms with Crippen LogP contribution in [-0.2, 0) is 26.7 Å². The molecule has 3 rings (SSSR count). The third kappa shape index (κ3) is 5.26. The van der Waals surface area contributed by atoms with Gasteiger partial charge in [0.15, 0.2) is 9.84 Å². The van der Waals surface area contributed by atoms with Gasteiger partial charge in [0.25, 0.3) is 0 Å². The molecule has 8 heteroatoms. The Balaban J connectivity index is 1.59. The fraction of sp³-hybridized carbons (Fsp3) is 0.250. The van der Waals surface area contributed by atoms with E-state index in [9.17, 15) is 13.2 Å². The largest absolute Gasteiger partial charge is 0.465 e. The summed E-state index contributed by atoms with van der Waals surface area (Å²) in [5.74, 6) is -0.445. The van der Waals surface area contributed by atoms with Gasteiger partial charge in [0, 0.05) is 5.56 Å². The lowest BCUT2D eigenvalue weighted by molar-refractivity contribution is 0.0600. The summed E-state index contributed by atoms with van der Waals surface area (Å²) >= 11 is 0. The van der Waals surface area contributed by atoms with Gasteiger partial charge in [-0.3, -0.25) is 0 Å². The second-order valence-electron chi connectivity index (χ2n) is 6.25. The summed E-state index contributed by atoms with van der Waals surface area (Å²) in [6.07, 6.45) is 1.23. The number of carbonyl (C=O) groups excluding carboxylic acids is 1. The van der Waals surface area contributed by atoms with Gasteiger partial charge in [0.05, 0.1) is 18.4 Å². The molecular formula is C20H20N2O5S. The van der Waals surface area contributed by atoms with Crippen molar-refractivity contribution in [3.8, 4) is 11.5 Å². The molecule has 0 amide bonds. The molecule has 3 aromatic rings. The Morgan fingerprint density at radius 3 is 2.43 bits per heavy atom. The molecule has 28 heavy (non-hydrogen) atoms. The summed E-state index contributed by atoms with van der Waals surface area (Å²) in [5, 5.41) is 7.73. The van der Waals surface area contributed by atoms with Gasteiger partial charge in [0.2, 0.25) is 11.8 Å². The summed E-state index contributed by atoms with van der Waals surface area (Å²) in [5.41, 5.74) is 2.09. The first kappa shape index (κ1) is 19.8. The Bertz CT molecular complexity index is 1030. The van der Waals surface area contributed by atoms with Crippen molar-refractivity contribution in [2.24, 2.45) is 0 Å². The van der Waals surface area contributed by atoms with Gasteiger partial charge >= 0.3 is 5.97 Å². The molecule has 2 aromatic carbocycles. The maximum Gasteiger partial charge on any atom is 0.337 e. The van der Waals surface area contributed by atoms with Crippen molar-refractivity contribution in [1.82, 2.24) is 10.2 Å². The zero-order chi connectivity index (χ0) is 20.0. The van der Waals surface area contributed by atoms with Crippen LogP contribution in [0.2, 0.25) is 0 Å². The Kier molecular flexibility index (Phi) is 6.20. The fourth-order valence-electron chi connectivity index (χ4n) is 2.70. The van der Waals surface area contributed by atoms with Crippen LogP contribution in [0.15, 0.2) is 59.0 Å². The van der Waals surface area contributed by atoms with Crippen molar-refractivity contribution in [3.05, 3.63) is 71.6 Å². The number of hydrogen-bond donors (Lipinski definition) is 0. The third-order valence-electron chi connectivity index (χ3n) is 4.13. The number of aromatic nitrogens is 2. The van der Waals surface area contributed by atoms with E-state index in [0.29, 0.717) is 24.0 Å². The van der Waals surface area contributed by atoms with Gasteiger partial charge in [0.1, 0.15) is 5.75 Å². The van der Waals surface area contributed by atoms with E-state index in [4.69, 9.17) is 4.42 Å². The number of nitrogens with zero attached hydrogens (tertiary/aromatic N) is 2. The number of esters is 1. The molecule has 0 spiro atoms. The van der Waals surface area contributed by atoms with E-state index >= 15 is 0 Å². The zero-order valence-electron chi connectivity index (χ0n) is 15.4. The lowest BCUT2D eigenvalue weighted by atomic mass is 10.1. The van der Waals surface area contributed by atoms with E-state index < -0.39 is 15.8 Å². The average Bonchev–Trinajstić information content (AvgIpc) is 3.16. The Hall–Kier alpha value is -3.00. The van der Waals surface area contributed by atoms with Gasteiger partial charge in [-0.25, -0.2) is 13.2 Å². The van der Waals surface area contributed by atoms with E-state index in [1.165, 1.54) is 7.11 Å². The fourth-order valence-corrected chi connectivity index (χ4v) is 3.92. The quantitative estimate of drug-likeness (QED) is 0.536. The third-order valence-corrected chi connectivity index (χ3v) is 5.72. The van der Waals surface area contributed by atoms with Gasteiger partial charge in [-0.2, -0.15) is 0 Å². The first-order chi connectivity index (χ1) is 13.5. The first-order valence-corrected chi connectivity index (χ1v) is 10.5. The van der Waals surface area contributed by atoms with Crippen LogP contribution in [0.25, 0.3) is 11.5 Å².